The van der Waals surface area contributed by atoms with Gasteiger partial charge in [-0.3, -0.25) is 9.59 Å². The van der Waals surface area contributed by atoms with Gasteiger partial charge in [0, 0.05) is 12.8 Å². The van der Waals surface area contributed by atoms with Crippen LogP contribution in [0.1, 0.15) is 219 Å². The van der Waals surface area contributed by atoms with Crippen molar-refractivity contribution in [1.82, 2.24) is 0 Å². The van der Waals surface area contributed by atoms with Crippen LogP contribution in [0.15, 0.2) is 12.2 Å². The molecule has 2 unspecified atom stereocenters. The average molecular weight is 811 g/mol. The molecule has 1 N–H and O–H groups in total. The van der Waals surface area contributed by atoms with E-state index in [-0.39, 0.29) is 32.2 Å². The van der Waals surface area contributed by atoms with Crippen molar-refractivity contribution in [3.05, 3.63) is 12.2 Å². The van der Waals surface area contributed by atoms with E-state index in [4.69, 9.17) is 18.9 Å². The summed E-state index contributed by atoms with van der Waals surface area (Å²) in [5, 5.41) is 9.64. The van der Waals surface area contributed by atoms with Gasteiger partial charge in [0.1, 0.15) is 13.2 Å². The Balaban J connectivity index is 4.39. The van der Waals surface area contributed by atoms with Gasteiger partial charge in [-0.25, -0.2) is 4.79 Å². The highest BCUT2D eigenvalue weighted by Crippen LogP contribution is 2.15. The molecular weight excluding hydrogens is 719 g/mol. The van der Waals surface area contributed by atoms with Gasteiger partial charge in [-0.05, 0) is 38.5 Å². The number of hydrogen-bond donors (Lipinski definition) is 1. The number of carboxylic acids is 1. The van der Waals surface area contributed by atoms with Gasteiger partial charge in [0.2, 0.25) is 0 Å². The molecule has 0 fully saturated rings. The van der Waals surface area contributed by atoms with Crippen LogP contribution in [0.2, 0.25) is 0 Å². The van der Waals surface area contributed by atoms with Gasteiger partial charge in [0.05, 0.1) is 34.4 Å². The minimum Gasteiger partial charge on any atom is -0.477 e. The molecule has 9 heteroatoms. The van der Waals surface area contributed by atoms with Gasteiger partial charge < -0.3 is 28.5 Å². The Morgan fingerprint density at radius 3 is 1.30 bits per heavy atom. The summed E-state index contributed by atoms with van der Waals surface area (Å²) in [5.74, 6) is -2.00. The van der Waals surface area contributed by atoms with Crippen molar-refractivity contribution in [3.8, 4) is 0 Å². The van der Waals surface area contributed by atoms with Crippen LogP contribution in [-0.2, 0) is 33.3 Å². The Bertz CT molecular complexity index is 949. The fourth-order valence-corrected chi connectivity index (χ4v) is 6.77. The zero-order chi connectivity index (χ0) is 42.1. The summed E-state index contributed by atoms with van der Waals surface area (Å²) in [5.41, 5.74) is 0. The van der Waals surface area contributed by atoms with Crippen LogP contribution < -0.4 is 0 Å². The Morgan fingerprint density at radius 1 is 0.509 bits per heavy atom. The first kappa shape index (κ1) is 55.0. The molecule has 2 atom stereocenters. The standard InChI is InChI=1S/C48H91NO8/c1-6-8-10-12-14-16-18-20-22-24-26-28-30-32-34-36-38-45(50)55-42-44(43-56-48(47(52)53)54-41-40-49(3,4)5)57-46(51)39-37-35-33-31-29-27-25-23-21-19-17-15-13-11-9-7-2/h23,25,44,48H,6-22,24,26-43H2,1-5H3/p+1/b25-23-. The molecule has 57 heavy (non-hydrogen) atoms. The van der Waals surface area contributed by atoms with Crippen molar-refractivity contribution in [1.29, 1.82) is 0 Å². The van der Waals surface area contributed by atoms with E-state index in [0.29, 0.717) is 23.9 Å². The minimum atomic E-state index is -1.51. The van der Waals surface area contributed by atoms with E-state index in [1.54, 1.807) is 0 Å². The summed E-state index contributed by atoms with van der Waals surface area (Å²) >= 11 is 0. The molecule has 0 aliphatic carbocycles. The molecule has 0 radical (unpaired) electrons. The van der Waals surface area contributed by atoms with Gasteiger partial charge >= 0.3 is 17.9 Å². The quantitative estimate of drug-likeness (QED) is 0.0213. The molecule has 9 nitrogen and oxygen atoms in total. The van der Waals surface area contributed by atoms with Crippen molar-refractivity contribution < 1.29 is 42.9 Å². The van der Waals surface area contributed by atoms with E-state index >= 15 is 0 Å². The molecule has 0 bridgehead atoms. The zero-order valence-corrected chi connectivity index (χ0v) is 38.0. The largest absolute Gasteiger partial charge is 0.477 e. The third-order valence-electron chi connectivity index (χ3n) is 10.5. The highest BCUT2D eigenvalue weighted by Gasteiger charge is 2.25. The normalized spacial score (nSPS) is 12.9. The van der Waals surface area contributed by atoms with Crippen LogP contribution in [0.25, 0.3) is 0 Å². The second kappa shape index (κ2) is 40.8. The average Bonchev–Trinajstić information content (AvgIpc) is 3.17. The number of esters is 2. The SMILES string of the molecule is CCCCCCCCC/C=C\CCCCCCCC(=O)OC(COC(=O)CCCCCCCCCCCCCCCCCC)COC(OCC[N+](C)(C)C)C(=O)O. The summed E-state index contributed by atoms with van der Waals surface area (Å²) in [6, 6.07) is 0. The van der Waals surface area contributed by atoms with Crippen molar-refractivity contribution in [2.24, 2.45) is 0 Å². The molecule has 0 aromatic heterocycles. The van der Waals surface area contributed by atoms with E-state index in [1.165, 1.54) is 135 Å². The summed E-state index contributed by atoms with van der Waals surface area (Å²) in [6.45, 7) is 4.89. The monoisotopic (exact) mass is 811 g/mol. The predicted molar refractivity (Wildman–Crippen MR) is 235 cm³/mol. The maximum Gasteiger partial charge on any atom is 0.361 e. The summed E-state index contributed by atoms with van der Waals surface area (Å²) in [7, 11) is 5.96. The van der Waals surface area contributed by atoms with Crippen LogP contribution in [-0.4, -0.2) is 87.4 Å². The molecule has 0 aliphatic rings. The molecule has 0 spiro atoms. The van der Waals surface area contributed by atoms with Gasteiger partial charge in [-0.2, -0.15) is 0 Å². The lowest BCUT2D eigenvalue weighted by Gasteiger charge is -2.25. The maximum absolute atomic E-state index is 12.8. The van der Waals surface area contributed by atoms with Crippen molar-refractivity contribution >= 4 is 17.9 Å². The number of unbranched alkanes of at least 4 members (excludes halogenated alkanes) is 27. The third kappa shape index (κ3) is 42.0. The van der Waals surface area contributed by atoms with E-state index in [9.17, 15) is 19.5 Å². The molecule has 0 saturated heterocycles. The van der Waals surface area contributed by atoms with Crippen LogP contribution >= 0.6 is 0 Å². The molecule has 0 rings (SSSR count). The van der Waals surface area contributed by atoms with E-state index in [1.807, 2.05) is 21.1 Å². The molecule has 0 heterocycles. The molecule has 0 aromatic rings. The number of allylic oxidation sites excluding steroid dienone is 2. The summed E-state index contributed by atoms with van der Waals surface area (Å²) in [6.07, 6.45) is 39.8. The summed E-state index contributed by atoms with van der Waals surface area (Å²) in [4.78, 5) is 37.1. The number of likely N-dealkylation sites (N-methyl/N-ethyl adjacent to an activating group) is 1. The van der Waals surface area contributed by atoms with E-state index in [2.05, 4.69) is 26.0 Å². The minimum absolute atomic E-state index is 0.179. The van der Waals surface area contributed by atoms with E-state index in [0.717, 1.165) is 51.4 Å². The maximum atomic E-state index is 12.8. The third-order valence-corrected chi connectivity index (χ3v) is 10.5. The highest BCUT2D eigenvalue weighted by atomic mass is 16.7. The summed E-state index contributed by atoms with van der Waals surface area (Å²) < 4.78 is 22.8. The van der Waals surface area contributed by atoms with Gasteiger partial charge in [-0.1, -0.05) is 180 Å². The van der Waals surface area contributed by atoms with Gasteiger partial charge in [0.15, 0.2) is 6.10 Å². The number of hydrogen-bond acceptors (Lipinski definition) is 7. The topological polar surface area (TPSA) is 108 Å². The molecular formula is C48H92NO8+. The van der Waals surface area contributed by atoms with Gasteiger partial charge in [0.25, 0.3) is 6.29 Å². The first-order valence-corrected chi connectivity index (χ1v) is 23.9. The lowest BCUT2D eigenvalue weighted by Crippen LogP contribution is -2.40. The Morgan fingerprint density at radius 2 is 0.895 bits per heavy atom. The molecule has 0 saturated carbocycles. The highest BCUT2D eigenvalue weighted by molar-refractivity contribution is 5.71. The molecule has 0 amide bonds. The number of carboxylic acid groups (broad SMARTS) is 1. The molecule has 0 aliphatic heterocycles. The number of quaternary nitrogens is 1. The second-order valence-electron chi connectivity index (χ2n) is 17.4. The Kier molecular flexibility index (Phi) is 39.4. The second-order valence-corrected chi connectivity index (χ2v) is 17.4. The molecule has 0 aromatic carbocycles. The number of nitrogens with zero attached hydrogens (tertiary/aromatic N) is 1. The van der Waals surface area contributed by atoms with Crippen LogP contribution in [0.4, 0.5) is 0 Å². The molecule has 336 valence electrons. The first-order chi connectivity index (χ1) is 27.6. The number of aliphatic carboxylic acids is 1. The zero-order valence-electron chi connectivity index (χ0n) is 38.0. The van der Waals surface area contributed by atoms with Crippen LogP contribution in [0.3, 0.4) is 0 Å². The Labute approximate surface area is 351 Å². The van der Waals surface area contributed by atoms with Crippen LogP contribution in [0.5, 0.6) is 0 Å². The van der Waals surface area contributed by atoms with E-state index < -0.39 is 24.3 Å². The number of carbonyl (C=O) groups is 3. The fourth-order valence-electron chi connectivity index (χ4n) is 6.77. The van der Waals surface area contributed by atoms with Gasteiger partial charge in [-0.15, -0.1) is 0 Å². The number of carbonyl (C=O) groups excluding carboxylic acids is 2. The fraction of sp³-hybridized carbons (Fsp3) is 0.896. The first-order valence-electron chi connectivity index (χ1n) is 23.9. The van der Waals surface area contributed by atoms with Crippen molar-refractivity contribution in [2.75, 3.05) is 47.5 Å². The lowest BCUT2D eigenvalue weighted by molar-refractivity contribution is -0.870. The number of ether oxygens (including phenoxy) is 4. The van der Waals surface area contributed by atoms with Crippen molar-refractivity contribution in [3.63, 3.8) is 0 Å². The smallest absolute Gasteiger partial charge is 0.361 e. The van der Waals surface area contributed by atoms with Crippen molar-refractivity contribution in [2.45, 2.75) is 232 Å². The lowest BCUT2D eigenvalue weighted by atomic mass is 10.0. The Hall–Kier alpha value is -1.97. The number of rotatable bonds is 44. The predicted octanol–water partition coefficient (Wildman–Crippen LogP) is 12.7. The van der Waals surface area contributed by atoms with Crippen LogP contribution in [0, 0.1) is 0 Å².